The molecule has 0 bridgehead atoms. The van der Waals surface area contributed by atoms with Crippen LogP contribution < -0.4 is 5.32 Å². The number of hydrogen-bond acceptors (Lipinski definition) is 6. The van der Waals surface area contributed by atoms with Gasteiger partial charge in [-0.05, 0) is 18.2 Å². The summed E-state index contributed by atoms with van der Waals surface area (Å²) in [6, 6.07) is 6.57. The Kier molecular flexibility index (Phi) is 4.02. The second-order valence-electron chi connectivity index (χ2n) is 5.26. The zero-order chi connectivity index (χ0) is 17.4. The van der Waals surface area contributed by atoms with Crippen LogP contribution in [-0.4, -0.2) is 40.0 Å². The Bertz CT molecular complexity index is 891. The molecule has 3 N–H and O–H groups in total. The summed E-state index contributed by atoms with van der Waals surface area (Å²) in [4.78, 5) is 37.2. The molecule has 0 unspecified atom stereocenters. The molecule has 2 aromatic rings. The number of benzene rings is 2. The fourth-order valence-corrected chi connectivity index (χ4v) is 2.80. The Balaban J connectivity index is 2.15. The average Bonchev–Trinajstić information content (AvgIpc) is 2.56. The molecule has 3 rings (SSSR count). The summed E-state index contributed by atoms with van der Waals surface area (Å²) >= 11 is 3.99. The first-order valence-corrected chi connectivity index (χ1v) is 7.76. The Morgan fingerprint density at radius 1 is 1.00 bits per heavy atom. The van der Waals surface area contributed by atoms with E-state index < -0.39 is 23.2 Å². The summed E-state index contributed by atoms with van der Waals surface area (Å²) < 4.78 is 0. The van der Waals surface area contributed by atoms with Crippen molar-refractivity contribution in [3.05, 3.63) is 58.1 Å². The molecule has 7 heteroatoms. The van der Waals surface area contributed by atoms with Crippen LogP contribution in [0.15, 0.2) is 30.3 Å². The minimum absolute atomic E-state index is 0.0415. The van der Waals surface area contributed by atoms with Crippen molar-refractivity contribution in [2.45, 2.75) is 0 Å². The molecule has 6 nitrogen and oxygen atoms in total. The molecule has 0 spiro atoms. The fourth-order valence-electron chi connectivity index (χ4n) is 2.69. The maximum absolute atomic E-state index is 12.6. The number of rotatable bonds is 3. The van der Waals surface area contributed by atoms with Crippen molar-refractivity contribution in [1.29, 1.82) is 0 Å². The van der Waals surface area contributed by atoms with E-state index in [0.717, 1.165) is 6.07 Å². The van der Waals surface area contributed by atoms with E-state index in [0.29, 0.717) is 12.3 Å². The van der Waals surface area contributed by atoms with Gasteiger partial charge in [-0.3, -0.25) is 14.4 Å². The molecule has 122 valence electrons. The highest BCUT2D eigenvalue weighted by Crippen LogP contribution is 2.37. The largest absolute Gasteiger partial charge is 0.507 e. The van der Waals surface area contributed by atoms with Gasteiger partial charge in [0.1, 0.15) is 11.5 Å². The van der Waals surface area contributed by atoms with E-state index >= 15 is 0 Å². The molecule has 0 aromatic heterocycles. The second kappa shape index (κ2) is 6.01. The Hall–Kier alpha value is -2.80. The molecular formula is C17H13NO5S. The lowest BCUT2D eigenvalue weighted by Crippen LogP contribution is -2.27. The maximum Gasteiger partial charge on any atom is 0.251 e. The molecule has 0 atom stereocenters. The number of ketones is 2. The number of hydrogen-bond donors (Lipinski definition) is 4. The van der Waals surface area contributed by atoms with E-state index in [1.807, 2.05) is 0 Å². The van der Waals surface area contributed by atoms with Gasteiger partial charge in [0, 0.05) is 29.0 Å². The maximum atomic E-state index is 12.6. The molecule has 1 aliphatic rings. The van der Waals surface area contributed by atoms with Crippen LogP contribution in [0.1, 0.15) is 42.2 Å². The molecule has 0 fully saturated rings. The van der Waals surface area contributed by atoms with Gasteiger partial charge in [0.15, 0.2) is 5.78 Å². The lowest BCUT2D eigenvalue weighted by Gasteiger charge is -2.20. The van der Waals surface area contributed by atoms with E-state index in [1.54, 1.807) is 0 Å². The first-order chi connectivity index (χ1) is 11.5. The minimum atomic E-state index is -0.655. The van der Waals surface area contributed by atoms with E-state index in [4.69, 9.17) is 0 Å². The first kappa shape index (κ1) is 16.1. The smallest absolute Gasteiger partial charge is 0.251 e. The zero-order valence-electron chi connectivity index (χ0n) is 12.4. The topological polar surface area (TPSA) is 104 Å². The molecule has 1 aliphatic carbocycles. The highest BCUT2D eigenvalue weighted by Gasteiger charge is 2.34. The van der Waals surface area contributed by atoms with Gasteiger partial charge < -0.3 is 15.5 Å². The number of thiol groups is 1. The van der Waals surface area contributed by atoms with Gasteiger partial charge in [0.25, 0.3) is 5.91 Å². The Morgan fingerprint density at radius 2 is 1.71 bits per heavy atom. The zero-order valence-corrected chi connectivity index (χ0v) is 13.3. The van der Waals surface area contributed by atoms with Crippen LogP contribution in [0.2, 0.25) is 0 Å². The van der Waals surface area contributed by atoms with E-state index in [1.165, 1.54) is 24.3 Å². The van der Waals surface area contributed by atoms with Crippen molar-refractivity contribution >= 4 is 30.1 Å². The van der Waals surface area contributed by atoms with E-state index in [2.05, 4.69) is 17.9 Å². The number of aromatic hydroxyl groups is 2. The number of fused-ring (bicyclic) bond motifs is 2. The third-order valence-electron chi connectivity index (χ3n) is 3.76. The predicted octanol–water partition coefficient (Wildman–Crippen LogP) is 1.53. The average molecular weight is 343 g/mol. The van der Waals surface area contributed by atoms with Crippen molar-refractivity contribution in [1.82, 2.24) is 5.32 Å². The van der Waals surface area contributed by atoms with Crippen LogP contribution in [0.5, 0.6) is 11.5 Å². The number of carbonyl (C=O) groups excluding carboxylic acids is 3. The number of phenols is 2. The highest BCUT2D eigenvalue weighted by atomic mass is 32.1. The SMILES string of the molecule is O=C(NCCS)c1cc(O)c2c(c1)C(=O)c1cccc(O)c1C2=O. The number of phenolic OH excluding ortho intramolecular Hbond substituents is 2. The Morgan fingerprint density at radius 3 is 2.42 bits per heavy atom. The van der Waals surface area contributed by atoms with Crippen LogP contribution in [0.3, 0.4) is 0 Å². The van der Waals surface area contributed by atoms with Crippen LogP contribution in [0, 0.1) is 0 Å². The highest BCUT2D eigenvalue weighted by molar-refractivity contribution is 7.80. The Labute approximate surface area is 142 Å². The van der Waals surface area contributed by atoms with Gasteiger partial charge >= 0.3 is 0 Å². The summed E-state index contributed by atoms with van der Waals surface area (Å²) in [5.74, 6) is -2.04. The van der Waals surface area contributed by atoms with Crippen molar-refractivity contribution in [2.75, 3.05) is 12.3 Å². The quantitative estimate of drug-likeness (QED) is 0.540. The second-order valence-corrected chi connectivity index (χ2v) is 5.70. The van der Waals surface area contributed by atoms with Crippen LogP contribution in [0.25, 0.3) is 0 Å². The van der Waals surface area contributed by atoms with Crippen molar-refractivity contribution in [2.24, 2.45) is 0 Å². The molecule has 0 saturated carbocycles. The van der Waals surface area contributed by atoms with Gasteiger partial charge in [0.2, 0.25) is 5.78 Å². The van der Waals surface area contributed by atoms with Crippen molar-refractivity contribution in [3.63, 3.8) is 0 Å². The number of carbonyl (C=O) groups is 3. The lowest BCUT2D eigenvalue weighted by atomic mass is 9.82. The fraction of sp³-hybridized carbons (Fsp3) is 0.118. The van der Waals surface area contributed by atoms with Gasteiger partial charge in [0.05, 0.1) is 11.1 Å². The van der Waals surface area contributed by atoms with Crippen LogP contribution in [-0.2, 0) is 0 Å². The van der Waals surface area contributed by atoms with Gasteiger partial charge in [-0.15, -0.1) is 0 Å². The molecule has 1 amide bonds. The first-order valence-electron chi connectivity index (χ1n) is 7.13. The monoisotopic (exact) mass is 343 g/mol. The number of nitrogens with one attached hydrogen (secondary N) is 1. The lowest BCUT2D eigenvalue weighted by molar-refractivity contribution is 0.0951. The minimum Gasteiger partial charge on any atom is -0.507 e. The van der Waals surface area contributed by atoms with E-state index in [-0.39, 0.29) is 33.6 Å². The molecule has 2 aromatic carbocycles. The molecule has 24 heavy (non-hydrogen) atoms. The van der Waals surface area contributed by atoms with Gasteiger partial charge in [-0.25, -0.2) is 0 Å². The van der Waals surface area contributed by atoms with Gasteiger partial charge in [-0.1, -0.05) is 12.1 Å². The van der Waals surface area contributed by atoms with Crippen LogP contribution >= 0.6 is 12.6 Å². The predicted molar refractivity (Wildman–Crippen MR) is 89.3 cm³/mol. The standard InChI is InChI=1S/C17H13NO5S/c19-11-3-1-2-9-13(11)16(22)14-10(15(9)21)6-8(7-12(14)20)17(23)18-4-5-24/h1-3,6-7,19-20,24H,4-5H2,(H,18,23). The van der Waals surface area contributed by atoms with Gasteiger partial charge in [-0.2, -0.15) is 12.6 Å². The molecule has 0 radical (unpaired) electrons. The van der Waals surface area contributed by atoms with Crippen LogP contribution in [0.4, 0.5) is 0 Å². The van der Waals surface area contributed by atoms with Crippen molar-refractivity contribution < 1.29 is 24.6 Å². The molecule has 0 heterocycles. The summed E-state index contributed by atoms with van der Waals surface area (Å²) in [6.07, 6.45) is 0. The summed E-state index contributed by atoms with van der Waals surface area (Å²) in [6.45, 7) is 0.323. The molecule has 0 saturated heterocycles. The summed E-state index contributed by atoms with van der Waals surface area (Å²) in [5.41, 5.74) is -0.302. The normalized spacial score (nSPS) is 12.5. The number of amides is 1. The molecule has 0 aliphatic heterocycles. The third kappa shape index (κ3) is 2.43. The summed E-state index contributed by atoms with van der Waals surface area (Å²) in [5, 5.41) is 22.6. The molecular weight excluding hydrogens is 330 g/mol. The third-order valence-corrected chi connectivity index (χ3v) is 3.99. The van der Waals surface area contributed by atoms with E-state index in [9.17, 15) is 24.6 Å². The van der Waals surface area contributed by atoms with Crippen molar-refractivity contribution in [3.8, 4) is 11.5 Å². The summed E-state index contributed by atoms with van der Waals surface area (Å²) in [7, 11) is 0.